The third kappa shape index (κ3) is 3.44. The van der Waals surface area contributed by atoms with Gasteiger partial charge in [0.2, 0.25) is 0 Å². The molecule has 0 bridgehead atoms. The number of amides is 1. The number of nitrogens with one attached hydrogen (secondary N) is 2. The molecule has 1 amide bonds. The van der Waals surface area contributed by atoms with Crippen molar-refractivity contribution in [1.29, 1.82) is 0 Å². The van der Waals surface area contributed by atoms with Crippen LogP contribution in [0.3, 0.4) is 0 Å². The van der Waals surface area contributed by atoms with Crippen LogP contribution in [-0.4, -0.2) is 15.9 Å². The first-order valence-electron chi connectivity index (χ1n) is 6.87. The van der Waals surface area contributed by atoms with Gasteiger partial charge in [-0.2, -0.15) is 0 Å². The number of H-pyrrole nitrogens is 1. The second-order valence-electron chi connectivity index (χ2n) is 4.96. The molecule has 8 heteroatoms. The van der Waals surface area contributed by atoms with Crippen molar-refractivity contribution in [3.8, 4) is 10.6 Å². The van der Waals surface area contributed by atoms with E-state index in [1.807, 2.05) is 0 Å². The average molecular weight is 408 g/mol. The number of hydrogen-bond donors (Lipinski definition) is 2. The van der Waals surface area contributed by atoms with Gasteiger partial charge in [-0.3, -0.25) is 9.59 Å². The Kier molecular flexibility index (Phi) is 4.59. The van der Waals surface area contributed by atoms with Crippen LogP contribution in [-0.2, 0) is 0 Å². The number of halogens is 2. The number of nitrogens with zero attached hydrogens (tertiary/aromatic N) is 1. The molecule has 0 saturated heterocycles. The smallest absolute Gasteiger partial charge is 0.271 e. The van der Waals surface area contributed by atoms with Crippen molar-refractivity contribution in [2.45, 2.75) is 6.92 Å². The van der Waals surface area contributed by atoms with Crippen LogP contribution in [0.4, 0.5) is 10.1 Å². The van der Waals surface area contributed by atoms with Crippen LogP contribution in [0.15, 0.2) is 45.8 Å². The Hall–Kier alpha value is -2.32. The molecule has 2 heterocycles. The SMILES string of the molecule is Cc1nc(-c2ccc(F)cc2)sc1C(=O)Nc1cc(Br)c[nH]c1=O. The summed E-state index contributed by atoms with van der Waals surface area (Å²) in [5.74, 6) is -0.749. The normalized spacial score (nSPS) is 10.6. The van der Waals surface area contributed by atoms with Crippen LogP contribution >= 0.6 is 27.3 Å². The molecule has 0 radical (unpaired) electrons. The Morgan fingerprint density at radius 1 is 1.33 bits per heavy atom. The van der Waals surface area contributed by atoms with Crippen molar-refractivity contribution in [3.05, 3.63) is 67.7 Å². The lowest BCUT2D eigenvalue weighted by atomic mass is 10.2. The molecule has 24 heavy (non-hydrogen) atoms. The van der Waals surface area contributed by atoms with Crippen molar-refractivity contribution in [2.75, 3.05) is 5.32 Å². The fourth-order valence-corrected chi connectivity index (χ4v) is 3.36. The molecule has 0 aliphatic carbocycles. The lowest BCUT2D eigenvalue weighted by Gasteiger charge is -2.03. The fraction of sp³-hybridized carbons (Fsp3) is 0.0625. The zero-order chi connectivity index (χ0) is 17.3. The van der Waals surface area contributed by atoms with E-state index in [2.05, 4.69) is 31.2 Å². The molecule has 0 aliphatic heterocycles. The Morgan fingerprint density at radius 2 is 2.04 bits per heavy atom. The largest absolute Gasteiger partial charge is 0.326 e. The van der Waals surface area contributed by atoms with E-state index in [1.165, 1.54) is 35.7 Å². The number of pyridine rings is 1. The van der Waals surface area contributed by atoms with Gasteiger partial charge in [0.1, 0.15) is 21.4 Å². The Morgan fingerprint density at radius 3 is 2.75 bits per heavy atom. The molecule has 1 aromatic carbocycles. The summed E-state index contributed by atoms with van der Waals surface area (Å²) in [6.45, 7) is 1.71. The minimum Gasteiger partial charge on any atom is -0.326 e. The second kappa shape index (κ2) is 6.66. The number of aromatic amines is 1. The third-order valence-electron chi connectivity index (χ3n) is 3.21. The summed E-state index contributed by atoms with van der Waals surface area (Å²) in [5, 5.41) is 3.19. The number of thiazole rings is 1. The molecule has 3 rings (SSSR count). The first-order chi connectivity index (χ1) is 11.4. The highest BCUT2D eigenvalue weighted by molar-refractivity contribution is 9.10. The predicted octanol–water partition coefficient (Wildman–Crippen LogP) is 3.96. The van der Waals surface area contributed by atoms with Gasteiger partial charge in [0.25, 0.3) is 11.5 Å². The molecule has 2 N–H and O–H groups in total. The number of benzene rings is 1. The molecule has 0 fully saturated rings. The second-order valence-corrected chi connectivity index (χ2v) is 6.87. The molecule has 0 unspecified atom stereocenters. The monoisotopic (exact) mass is 407 g/mol. The van der Waals surface area contributed by atoms with Gasteiger partial charge < -0.3 is 10.3 Å². The molecule has 0 saturated carbocycles. The van der Waals surface area contributed by atoms with Gasteiger partial charge >= 0.3 is 0 Å². The average Bonchev–Trinajstić information content (AvgIpc) is 2.93. The minimum absolute atomic E-state index is 0.144. The van der Waals surface area contributed by atoms with Crippen LogP contribution < -0.4 is 10.9 Å². The van der Waals surface area contributed by atoms with Crippen LogP contribution in [0.25, 0.3) is 10.6 Å². The first-order valence-corrected chi connectivity index (χ1v) is 8.48. The molecular formula is C16H11BrFN3O2S. The maximum atomic E-state index is 13.0. The number of carbonyl (C=O) groups excluding carboxylic acids is 1. The number of aromatic nitrogens is 2. The topological polar surface area (TPSA) is 74.8 Å². The predicted molar refractivity (Wildman–Crippen MR) is 95.0 cm³/mol. The number of carbonyl (C=O) groups is 1. The van der Waals surface area contributed by atoms with E-state index in [4.69, 9.17) is 0 Å². The Bertz CT molecular complexity index is 966. The van der Waals surface area contributed by atoms with Crippen molar-refractivity contribution < 1.29 is 9.18 Å². The number of aryl methyl sites for hydroxylation is 1. The van der Waals surface area contributed by atoms with Crippen molar-refractivity contribution in [3.63, 3.8) is 0 Å². The van der Waals surface area contributed by atoms with Gasteiger partial charge in [0.15, 0.2) is 0 Å². The molecule has 0 spiro atoms. The first kappa shape index (κ1) is 16.5. The van der Waals surface area contributed by atoms with Crippen LogP contribution in [0.1, 0.15) is 15.4 Å². The number of hydrogen-bond acceptors (Lipinski definition) is 4. The highest BCUT2D eigenvalue weighted by atomic mass is 79.9. The van der Waals surface area contributed by atoms with Crippen LogP contribution in [0, 0.1) is 12.7 Å². The van der Waals surface area contributed by atoms with E-state index >= 15 is 0 Å². The highest BCUT2D eigenvalue weighted by Crippen LogP contribution is 2.28. The standard InChI is InChI=1S/C16H11BrFN3O2S/c1-8-13(15(23)21-12-6-10(17)7-19-14(12)22)24-16(20-8)9-2-4-11(18)5-3-9/h2-7H,1H3,(H,19,22)(H,21,23). The molecule has 5 nitrogen and oxygen atoms in total. The van der Waals surface area contributed by atoms with Gasteiger partial charge in [0, 0.05) is 16.2 Å². The molecule has 2 aromatic heterocycles. The number of anilines is 1. The minimum atomic E-state index is -0.415. The molecule has 0 atom stereocenters. The summed E-state index contributed by atoms with van der Waals surface area (Å²) < 4.78 is 13.7. The van der Waals surface area contributed by atoms with Gasteiger partial charge in [-0.25, -0.2) is 9.37 Å². The number of rotatable bonds is 3. The molecule has 0 aliphatic rings. The van der Waals surface area contributed by atoms with E-state index < -0.39 is 11.5 Å². The quantitative estimate of drug-likeness (QED) is 0.689. The summed E-state index contributed by atoms with van der Waals surface area (Å²) in [6.07, 6.45) is 1.49. The Labute approximate surface area is 148 Å². The zero-order valence-corrected chi connectivity index (χ0v) is 14.8. The van der Waals surface area contributed by atoms with E-state index in [0.717, 1.165) is 5.56 Å². The Balaban J connectivity index is 1.89. The lowest BCUT2D eigenvalue weighted by molar-refractivity contribution is 0.102. The van der Waals surface area contributed by atoms with Crippen molar-refractivity contribution >= 4 is 38.9 Å². The van der Waals surface area contributed by atoms with E-state index in [-0.39, 0.29) is 11.5 Å². The third-order valence-corrected chi connectivity index (χ3v) is 4.87. The van der Waals surface area contributed by atoms with Gasteiger partial charge in [0.05, 0.1) is 5.69 Å². The summed E-state index contributed by atoms with van der Waals surface area (Å²) in [5.41, 5.74) is 1.02. The summed E-state index contributed by atoms with van der Waals surface area (Å²) in [6, 6.07) is 7.41. The summed E-state index contributed by atoms with van der Waals surface area (Å²) >= 11 is 4.42. The van der Waals surface area contributed by atoms with E-state index in [0.29, 0.717) is 20.1 Å². The highest BCUT2D eigenvalue weighted by Gasteiger charge is 2.17. The van der Waals surface area contributed by atoms with Crippen LogP contribution in [0.5, 0.6) is 0 Å². The van der Waals surface area contributed by atoms with Gasteiger partial charge in [-0.1, -0.05) is 0 Å². The maximum Gasteiger partial charge on any atom is 0.271 e. The fourth-order valence-electron chi connectivity index (χ4n) is 2.05. The van der Waals surface area contributed by atoms with E-state index in [1.54, 1.807) is 19.1 Å². The summed E-state index contributed by atoms with van der Waals surface area (Å²) in [7, 11) is 0. The molecule has 122 valence electrons. The van der Waals surface area contributed by atoms with Gasteiger partial charge in [-0.15, -0.1) is 11.3 Å². The lowest BCUT2D eigenvalue weighted by Crippen LogP contribution is -2.19. The van der Waals surface area contributed by atoms with Crippen molar-refractivity contribution in [1.82, 2.24) is 9.97 Å². The molecular weight excluding hydrogens is 397 g/mol. The van der Waals surface area contributed by atoms with Crippen LogP contribution in [0.2, 0.25) is 0 Å². The van der Waals surface area contributed by atoms with E-state index in [9.17, 15) is 14.0 Å². The maximum absolute atomic E-state index is 13.0. The zero-order valence-electron chi connectivity index (χ0n) is 12.4. The summed E-state index contributed by atoms with van der Waals surface area (Å²) in [4.78, 5) is 31.4. The van der Waals surface area contributed by atoms with Crippen molar-refractivity contribution in [2.24, 2.45) is 0 Å². The molecule has 3 aromatic rings. The van der Waals surface area contributed by atoms with Gasteiger partial charge in [-0.05, 0) is 53.2 Å².